The van der Waals surface area contributed by atoms with Gasteiger partial charge in [0, 0.05) is 43.4 Å². The van der Waals surface area contributed by atoms with Crippen molar-refractivity contribution in [1.82, 2.24) is 10.2 Å². The van der Waals surface area contributed by atoms with E-state index in [0.29, 0.717) is 5.92 Å². The largest absolute Gasteiger partial charge is 0.369 e. The molecule has 3 nitrogen and oxygen atoms in total. The van der Waals surface area contributed by atoms with Crippen molar-refractivity contribution in [3.63, 3.8) is 0 Å². The first-order chi connectivity index (χ1) is 9.19. The molecule has 0 spiro atoms. The summed E-state index contributed by atoms with van der Waals surface area (Å²) in [5.41, 5.74) is 1.28. The Morgan fingerprint density at radius 2 is 1.79 bits per heavy atom. The van der Waals surface area contributed by atoms with Gasteiger partial charge in [-0.3, -0.25) is 4.90 Å². The molecule has 106 valence electrons. The maximum atomic E-state index is 5.93. The van der Waals surface area contributed by atoms with Crippen molar-refractivity contribution < 1.29 is 0 Å². The van der Waals surface area contributed by atoms with Crippen LogP contribution in [0.1, 0.15) is 6.92 Å². The minimum absolute atomic E-state index is 0.715. The number of benzene rings is 1. The molecule has 1 heterocycles. The van der Waals surface area contributed by atoms with E-state index in [0.717, 1.165) is 37.7 Å². The molecule has 0 bridgehead atoms. The molecular formula is C15H24ClN3. The SMILES string of the molecule is CNCC(C)CN1CCN(c2ccc(Cl)cc2)CC1. The molecule has 0 aromatic heterocycles. The van der Waals surface area contributed by atoms with Crippen LogP contribution in [0, 0.1) is 5.92 Å². The number of rotatable bonds is 5. The fraction of sp³-hybridized carbons (Fsp3) is 0.600. The molecule has 0 saturated carbocycles. The van der Waals surface area contributed by atoms with Crippen molar-refractivity contribution in [2.24, 2.45) is 5.92 Å². The van der Waals surface area contributed by atoms with Gasteiger partial charge in [-0.05, 0) is 43.8 Å². The van der Waals surface area contributed by atoms with Gasteiger partial charge in [0.05, 0.1) is 0 Å². The van der Waals surface area contributed by atoms with Gasteiger partial charge >= 0.3 is 0 Å². The number of halogens is 1. The molecule has 1 atom stereocenters. The average molecular weight is 282 g/mol. The zero-order valence-corrected chi connectivity index (χ0v) is 12.7. The molecule has 2 rings (SSSR count). The highest BCUT2D eigenvalue weighted by Gasteiger charge is 2.18. The minimum atomic E-state index is 0.715. The maximum absolute atomic E-state index is 5.93. The number of anilines is 1. The zero-order chi connectivity index (χ0) is 13.7. The van der Waals surface area contributed by atoms with Crippen LogP contribution in [0.25, 0.3) is 0 Å². The molecule has 1 aliphatic rings. The minimum Gasteiger partial charge on any atom is -0.369 e. The van der Waals surface area contributed by atoms with E-state index in [1.54, 1.807) is 0 Å². The first kappa shape index (κ1) is 14.6. The molecule has 0 radical (unpaired) electrons. The highest BCUT2D eigenvalue weighted by Crippen LogP contribution is 2.19. The second-order valence-electron chi connectivity index (χ2n) is 5.43. The first-order valence-corrected chi connectivity index (χ1v) is 7.44. The lowest BCUT2D eigenvalue weighted by Gasteiger charge is -2.37. The van der Waals surface area contributed by atoms with E-state index in [1.165, 1.54) is 12.2 Å². The van der Waals surface area contributed by atoms with E-state index in [-0.39, 0.29) is 0 Å². The average Bonchev–Trinajstić information content (AvgIpc) is 2.41. The second-order valence-corrected chi connectivity index (χ2v) is 5.86. The summed E-state index contributed by atoms with van der Waals surface area (Å²) in [4.78, 5) is 5.00. The monoisotopic (exact) mass is 281 g/mol. The quantitative estimate of drug-likeness (QED) is 0.894. The van der Waals surface area contributed by atoms with E-state index < -0.39 is 0 Å². The van der Waals surface area contributed by atoms with Crippen molar-refractivity contribution in [3.8, 4) is 0 Å². The van der Waals surface area contributed by atoms with Crippen LogP contribution >= 0.6 is 11.6 Å². The van der Waals surface area contributed by atoms with Crippen LogP contribution in [-0.4, -0.2) is 51.2 Å². The van der Waals surface area contributed by atoms with Crippen LogP contribution in [-0.2, 0) is 0 Å². The Bertz CT molecular complexity index is 371. The van der Waals surface area contributed by atoms with E-state index in [2.05, 4.69) is 34.2 Å². The van der Waals surface area contributed by atoms with Crippen LogP contribution in [0.4, 0.5) is 5.69 Å². The summed E-state index contributed by atoms with van der Waals surface area (Å²) in [5, 5.41) is 4.06. The Morgan fingerprint density at radius 1 is 1.16 bits per heavy atom. The summed E-state index contributed by atoms with van der Waals surface area (Å²) in [6.45, 7) is 9.10. The predicted octanol–water partition coefficient (Wildman–Crippen LogP) is 2.32. The molecule has 0 amide bonds. The van der Waals surface area contributed by atoms with Gasteiger partial charge in [-0.15, -0.1) is 0 Å². The van der Waals surface area contributed by atoms with Gasteiger partial charge in [0.2, 0.25) is 0 Å². The van der Waals surface area contributed by atoms with Crippen LogP contribution in [0.15, 0.2) is 24.3 Å². The fourth-order valence-corrected chi connectivity index (χ4v) is 2.82. The van der Waals surface area contributed by atoms with Gasteiger partial charge in [0.15, 0.2) is 0 Å². The van der Waals surface area contributed by atoms with Gasteiger partial charge in [0.1, 0.15) is 0 Å². The van der Waals surface area contributed by atoms with Crippen molar-refractivity contribution in [1.29, 1.82) is 0 Å². The van der Waals surface area contributed by atoms with Crippen molar-refractivity contribution in [2.45, 2.75) is 6.92 Å². The number of hydrogen-bond acceptors (Lipinski definition) is 3. The molecular weight excluding hydrogens is 258 g/mol. The molecule has 1 saturated heterocycles. The van der Waals surface area contributed by atoms with E-state index in [9.17, 15) is 0 Å². The van der Waals surface area contributed by atoms with Crippen molar-refractivity contribution in [3.05, 3.63) is 29.3 Å². The van der Waals surface area contributed by atoms with Gasteiger partial charge in [-0.2, -0.15) is 0 Å². The number of hydrogen-bond donors (Lipinski definition) is 1. The standard InChI is InChI=1S/C15H24ClN3/c1-13(11-17-2)12-18-7-9-19(10-8-18)15-5-3-14(16)4-6-15/h3-6,13,17H,7-12H2,1-2H3. The Balaban J connectivity index is 1.80. The van der Waals surface area contributed by atoms with E-state index in [1.807, 2.05) is 19.2 Å². The Labute approximate surface area is 121 Å². The highest BCUT2D eigenvalue weighted by molar-refractivity contribution is 6.30. The smallest absolute Gasteiger partial charge is 0.0407 e. The second kappa shape index (κ2) is 7.13. The summed E-state index contributed by atoms with van der Waals surface area (Å²) in [6.07, 6.45) is 0. The summed E-state index contributed by atoms with van der Waals surface area (Å²) >= 11 is 5.93. The third kappa shape index (κ3) is 4.37. The molecule has 1 aromatic carbocycles. The normalized spacial score (nSPS) is 18.6. The van der Waals surface area contributed by atoms with Gasteiger partial charge < -0.3 is 10.2 Å². The predicted molar refractivity (Wildman–Crippen MR) is 83.2 cm³/mol. The summed E-state index contributed by atoms with van der Waals surface area (Å²) in [7, 11) is 2.02. The third-order valence-corrected chi connectivity index (χ3v) is 3.94. The Morgan fingerprint density at radius 3 is 2.37 bits per heavy atom. The van der Waals surface area contributed by atoms with Crippen molar-refractivity contribution >= 4 is 17.3 Å². The molecule has 1 aromatic rings. The number of nitrogens with one attached hydrogen (secondary N) is 1. The van der Waals surface area contributed by atoms with E-state index >= 15 is 0 Å². The zero-order valence-electron chi connectivity index (χ0n) is 11.9. The van der Waals surface area contributed by atoms with Gasteiger partial charge in [0.25, 0.3) is 0 Å². The van der Waals surface area contributed by atoms with Crippen LogP contribution in [0.3, 0.4) is 0 Å². The lowest BCUT2D eigenvalue weighted by molar-refractivity contribution is 0.224. The van der Waals surface area contributed by atoms with Crippen LogP contribution in [0.2, 0.25) is 5.02 Å². The Hall–Kier alpha value is -0.770. The highest BCUT2D eigenvalue weighted by atomic mass is 35.5. The molecule has 19 heavy (non-hydrogen) atoms. The molecule has 1 unspecified atom stereocenters. The molecule has 4 heteroatoms. The first-order valence-electron chi connectivity index (χ1n) is 7.06. The summed E-state index contributed by atoms with van der Waals surface area (Å²) < 4.78 is 0. The number of nitrogens with zero attached hydrogens (tertiary/aromatic N) is 2. The van der Waals surface area contributed by atoms with Gasteiger partial charge in [-0.25, -0.2) is 0 Å². The van der Waals surface area contributed by atoms with Crippen LogP contribution in [0.5, 0.6) is 0 Å². The summed E-state index contributed by atoms with van der Waals surface area (Å²) in [5.74, 6) is 0.715. The lowest BCUT2D eigenvalue weighted by Crippen LogP contribution is -2.48. The topological polar surface area (TPSA) is 18.5 Å². The van der Waals surface area contributed by atoms with Crippen molar-refractivity contribution in [2.75, 3.05) is 51.2 Å². The van der Waals surface area contributed by atoms with Crippen LogP contribution < -0.4 is 10.2 Å². The van der Waals surface area contributed by atoms with E-state index in [4.69, 9.17) is 11.6 Å². The molecule has 1 aliphatic heterocycles. The Kier molecular flexibility index (Phi) is 5.49. The maximum Gasteiger partial charge on any atom is 0.0407 e. The lowest BCUT2D eigenvalue weighted by atomic mass is 10.1. The molecule has 1 N–H and O–H groups in total. The molecule has 0 aliphatic carbocycles. The third-order valence-electron chi connectivity index (χ3n) is 3.69. The summed E-state index contributed by atoms with van der Waals surface area (Å²) in [6, 6.07) is 8.17. The molecule has 1 fully saturated rings. The fourth-order valence-electron chi connectivity index (χ4n) is 2.69. The van der Waals surface area contributed by atoms with Gasteiger partial charge in [-0.1, -0.05) is 18.5 Å². The number of piperazine rings is 1.